The number of benzene rings is 2. The lowest BCUT2D eigenvalue weighted by molar-refractivity contribution is 0.266. The topological polar surface area (TPSA) is 104 Å². The quantitative estimate of drug-likeness (QED) is 0.466. The van der Waals surface area contributed by atoms with E-state index in [9.17, 15) is 13.5 Å². The molecular formula is C20H31N3O3S. The smallest absolute Gasteiger partial charge is 0.240 e. The third-order valence-corrected chi connectivity index (χ3v) is 6.04. The number of aliphatic hydroxyl groups excluding tert-OH is 1. The SMILES string of the molecule is CC(C)CC(CN)NCC(CCO)NS(=O)(=O)c1ccc2ccccc2c1. The van der Waals surface area contributed by atoms with Crippen LogP contribution < -0.4 is 15.8 Å². The number of nitrogens with two attached hydrogens (primary N) is 1. The minimum atomic E-state index is -3.68. The van der Waals surface area contributed by atoms with Gasteiger partial charge in [-0.05, 0) is 41.7 Å². The van der Waals surface area contributed by atoms with Crippen molar-refractivity contribution in [2.24, 2.45) is 11.7 Å². The van der Waals surface area contributed by atoms with Crippen LogP contribution in [-0.2, 0) is 10.0 Å². The molecule has 0 aliphatic rings. The fourth-order valence-electron chi connectivity index (χ4n) is 3.12. The number of hydrogen-bond acceptors (Lipinski definition) is 5. The third kappa shape index (κ3) is 6.55. The molecule has 5 N–H and O–H groups in total. The molecule has 0 radical (unpaired) electrons. The van der Waals surface area contributed by atoms with Crippen LogP contribution in [0.15, 0.2) is 47.4 Å². The summed E-state index contributed by atoms with van der Waals surface area (Å²) < 4.78 is 28.3. The summed E-state index contributed by atoms with van der Waals surface area (Å²) in [6.07, 6.45) is 1.25. The highest BCUT2D eigenvalue weighted by molar-refractivity contribution is 7.89. The van der Waals surface area contributed by atoms with Crippen LogP contribution in [0, 0.1) is 5.92 Å². The van der Waals surface area contributed by atoms with Crippen LogP contribution in [-0.4, -0.2) is 45.3 Å². The summed E-state index contributed by atoms with van der Waals surface area (Å²) in [5, 5.41) is 14.5. The van der Waals surface area contributed by atoms with Gasteiger partial charge in [0.1, 0.15) is 0 Å². The molecular weight excluding hydrogens is 362 g/mol. The second-order valence-electron chi connectivity index (χ2n) is 7.31. The van der Waals surface area contributed by atoms with Crippen molar-refractivity contribution < 1.29 is 13.5 Å². The largest absolute Gasteiger partial charge is 0.396 e. The molecule has 0 bridgehead atoms. The van der Waals surface area contributed by atoms with Crippen molar-refractivity contribution in [2.45, 2.75) is 43.7 Å². The lowest BCUT2D eigenvalue weighted by Gasteiger charge is -2.24. The van der Waals surface area contributed by atoms with Crippen LogP contribution in [0.4, 0.5) is 0 Å². The highest BCUT2D eigenvalue weighted by Crippen LogP contribution is 2.19. The zero-order valence-electron chi connectivity index (χ0n) is 16.1. The first-order valence-electron chi connectivity index (χ1n) is 9.41. The Balaban J connectivity index is 2.10. The van der Waals surface area contributed by atoms with Gasteiger partial charge in [-0.15, -0.1) is 0 Å². The molecule has 0 aromatic heterocycles. The third-order valence-electron chi connectivity index (χ3n) is 4.52. The maximum absolute atomic E-state index is 12.8. The molecule has 2 rings (SSSR count). The van der Waals surface area contributed by atoms with Crippen molar-refractivity contribution in [3.63, 3.8) is 0 Å². The van der Waals surface area contributed by atoms with E-state index in [2.05, 4.69) is 23.9 Å². The summed E-state index contributed by atoms with van der Waals surface area (Å²) in [5.41, 5.74) is 5.80. The van der Waals surface area contributed by atoms with E-state index in [0.717, 1.165) is 17.2 Å². The van der Waals surface area contributed by atoms with E-state index < -0.39 is 16.1 Å². The summed E-state index contributed by atoms with van der Waals surface area (Å²) in [6, 6.07) is 12.4. The Labute approximate surface area is 162 Å². The molecule has 0 fully saturated rings. The molecule has 2 atom stereocenters. The number of sulfonamides is 1. The average Bonchev–Trinajstić information content (AvgIpc) is 2.64. The van der Waals surface area contributed by atoms with Gasteiger partial charge in [-0.2, -0.15) is 0 Å². The molecule has 27 heavy (non-hydrogen) atoms. The maximum atomic E-state index is 12.8. The molecule has 0 aliphatic carbocycles. The van der Waals surface area contributed by atoms with E-state index in [0.29, 0.717) is 25.4 Å². The van der Waals surface area contributed by atoms with Crippen LogP contribution in [0.2, 0.25) is 0 Å². The second-order valence-corrected chi connectivity index (χ2v) is 9.02. The number of hydrogen-bond donors (Lipinski definition) is 4. The Morgan fingerprint density at radius 2 is 1.78 bits per heavy atom. The highest BCUT2D eigenvalue weighted by atomic mass is 32.2. The summed E-state index contributed by atoms with van der Waals surface area (Å²) in [4.78, 5) is 0.224. The Kier molecular flexibility index (Phi) is 8.19. The molecule has 0 spiro atoms. The van der Waals surface area contributed by atoms with Crippen molar-refractivity contribution in [1.82, 2.24) is 10.0 Å². The van der Waals surface area contributed by atoms with Gasteiger partial charge in [-0.25, -0.2) is 13.1 Å². The van der Waals surface area contributed by atoms with E-state index in [-0.39, 0.29) is 17.5 Å². The molecule has 7 heteroatoms. The lowest BCUT2D eigenvalue weighted by atomic mass is 10.0. The van der Waals surface area contributed by atoms with E-state index in [1.807, 2.05) is 24.3 Å². The summed E-state index contributed by atoms with van der Waals surface area (Å²) >= 11 is 0. The first kappa shape index (κ1) is 21.8. The summed E-state index contributed by atoms with van der Waals surface area (Å²) in [7, 11) is -3.68. The van der Waals surface area contributed by atoms with Gasteiger partial charge in [0.15, 0.2) is 0 Å². The molecule has 2 aromatic rings. The van der Waals surface area contributed by atoms with E-state index in [1.165, 1.54) is 0 Å². The minimum absolute atomic E-state index is 0.0932. The Bertz CT molecular complexity index is 824. The van der Waals surface area contributed by atoms with Crippen LogP contribution >= 0.6 is 0 Å². The van der Waals surface area contributed by atoms with Crippen molar-refractivity contribution in [2.75, 3.05) is 19.7 Å². The van der Waals surface area contributed by atoms with Gasteiger partial charge in [0.25, 0.3) is 0 Å². The molecule has 6 nitrogen and oxygen atoms in total. The first-order valence-corrected chi connectivity index (χ1v) is 10.9. The molecule has 0 amide bonds. The van der Waals surface area contributed by atoms with Gasteiger partial charge in [0.05, 0.1) is 4.90 Å². The molecule has 0 saturated carbocycles. The van der Waals surface area contributed by atoms with Gasteiger partial charge >= 0.3 is 0 Å². The second kappa shape index (κ2) is 10.1. The molecule has 0 saturated heterocycles. The van der Waals surface area contributed by atoms with Gasteiger partial charge < -0.3 is 16.2 Å². The number of fused-ring (bicyclic) bond motifs is 1. The molecule has 2 unspecified atom stereocenters. The van der Waals surface area contributed by atoms with Gasteiger partial charge in [0, 0.05) is 31.8 Å². The van der Waals surface area contributed by atoms with E-state index >= 15 is 0 Å². The Hall–Kier alpha value is -1.51. The fraction of sp³-hybridized carbons (Fsp3) is 0.500. The van der Waals surface area contributed by atoms with E-state index in [1.54, 1.807) is 18.2 Å². The van der Waals surface area contributed by atoms with Crippen molar-refractivity contribution in [1.29, 1.82) is 0 Å². The van der Waals surface area contributed by atoms with Crippen molar-refractivity contribution >= 4 is 20.8 Å². The van der Waals surface area contributed by atoms with Crippen LogP contribution in [0.5, 0.6) is 0 Å². The fourth-order valence-corrected chi connectivity index (χ4v) is 4.43. The van der Waals surface area contributed by atoms with Crippen molar-refractivity contribution in [3.05, 3.63) is 42.5 Å². The zero-order valence-corrected chi connectivity index (χ0v) is 16.9. The number of nitrogens with one attached hydrogen (secondary N) is 2. The normalized spacial score (nSPS) is 14.6. The zero-order chi connectivity index (χ0) is 19.9. The van der Waals surface area contributed by atoms with Gasteiger partial charge in [0.2, 0.25) is 10.0 Å². The average molecular weight is 394 g/mol. The van der Waals surface area contributed by atoms with Crippen molar-refractivity contribution in [3.8, 4) is 0 Å². The van der Waals surface area contributed by atoms with E-state index in [4.69, 9.17) is 5.73 Å². The predicted molar refractivity (Wildman–Crippen MR) is 110 cm³/mol. The number of rotatable bonds is 11. The number of aliphatic hydroxyl groups is 1. The van der Waals surface area contributed by atoms with Crippen LogP contribution in [0.25, 0.3) is 10.8 Å². The predicted octanol–water partition coefficient (Wildman–Crippen LogP) is 1.83. The Morgan fingerprint density at radius 1 is 1.07 bits per heavy atom. The lowest BCUT2D eigenvalue weighted by Crippen LogP contribution is -2.47. The molecule has 150 valence electrons. The summed E-state index contributed by atoms with van der Waals surface area (Å²) in [5.74, 6) is 0.497. The van der Waals surface area contributed by atoms with Gasteiger partial charge in [-0.1, -0.05) is 44.2 Å². The maximum Gasteiger partial charge on any atom is 0.240 e. The van der Waals surface area contributed by atoms with Crippen LogP contribution in [0.1, 0.15) is 26.7 Å². The molecule has 2 aromatic carbocycles. The Morgan fingerprint density at radius 3 is 2.41 bits per heavy atom. The summed E-state index contributed by atoms with van der Waals surface area (Å²) in [6.45, 7) is 5.06. The minimum Gasteiger partial charge on any atom is -0.396 e. The standard InChI is InChI=1S/C20H31N3O3S/c1-15(2)11-19(13-21)22-14-18(9-10-24)23-27(25,26)20-8-7-16-5-3-4-6-17(16)12-20/h3-8,12,15,18-19,22-24H,9-11,13-14,21H2,1-2H3. The highest BCUT2D eigenvalue weighted by Gasteiger charge is 2.21. The molecule has 0 aliphatic heterocycles. The van der Waals surface area contributed by atoms with Gasteiger partial charge in [-0.3, -0.25) is 0 Å². The first-order chi connectivity index (χ1) is 12.9. The van der Waals surface area contributed by atoms with Crippen LogP contribution in [0.3, 0.4) is 0 Å². The molecule has 0 heterocycles. The monoisotopic (exact) mass is 393 g/mol.